The van der Waals surface area contributed by atoms with E-state index in [0.717, 1.165) is 0 Å². The fourth-order valence-electron chi connectivity index (χ4n) is 1.63. The van der Waals surface area contributed by atoms with Gasteiger partial charge in [0.1, 0.15) is 10.2 Å². The molecule has 0 aromatic carbocycles. The molecular weight excluding hydrogens is 317 g/mol. The standard InChI is InChI=1S/C8H11Cl2N5O3S/c9-6(10)5-7(13-8(16)12-5)14-19(17,18)15-3-1-11-2-4-15/h11H,1-4H2,(H2,12,13,14,16). The monoisotopic (exact) mass is 327 g/mol. The summed E-state index contributed by atoms with van der Waals surface area (Å²) in [7, 11) is -3.88. The Labute approximate surface area is 120 Å². The Hall–Kier alpha value is -0.870. The summed E-state index contributed by atoms with van der Waals surface area (Å²) in [6.45, 7) is 1.73. The van der Waals surface area contributed by atoms with E-state index in [2.05, 4.69) is 20.3 Å². The molecule has 2 heterocycles. The maximum Gasteiger partial charge on any atom is 0.325 e. The van der Waals surface area contributed by atoms with Crippen LogP contribution in [-0.4, -0.2) is 50.8 Å². The minimum atomic E-state index is -3.88. The SMILES string of the molecule is O=C1NC(=C(Cl)Cl)/C(=N/S(=O)(=O)N2CCNCC2)N1. The lowest BCUT2D eigenvalue weighted by molar-refractivity contribution is 0.250. The molecule has 2 amide bonds. The minimum Gasteiger partial charge on any atom is -0.314 e. The largest absolute Gasteiger partial charge is 0.325 e. The summed E-state index contributed by atoms with van der Waals surface area (Å²) in [5.74, 6) is -0.205. The summed E-state index contributed by atoms with van der Waals surface area (Å²) in [4.78, 5) is 11.2. The van der Waals surface area contributed by atoms with Crippen LogP contribution in [0.5, 0.6) is 0 Å². The first-order valence-corrected chi connectivity index (χ1v) is 7.50. The van der Waals surface area contributed by atoms with E-state index in [1.165, 1.54) is 4.31 Å². The molecule has 11 heteroatoms. The van der Waals surface area contributed by atoms with Gasteiger partial charge in [0.05, 0.1) is 0 Å². The second kappa shape index (κ2) is 5.63. The lowest BCUT2D eigenvalue weighted by Crippen LogP contribution is -2.46. The van der Waals surface area contributed by atoms with E-state index in [1.807, 2.05) is 0 Å². The highest BCUT2D eigenvalue weighted by Crippen LogP contribution is 2.17. The molecule has 0 aromatic rings. The van der Waals surface area contributed by atoms with Crippen molar-refractivity contribution in [2.45, 2.75) is 0 Å². The highest BCUT2D eigenvalue weighted by molar-refractivity contribution is 7.88. The number of nitrogens with zero attached hydrogens (tertiary/aromatic N) is 2. The van der Waals surface area contributed by atoms with Gasteiger partial charge in [0.25, 0.3) is 0 Å². The van der Waals surface area contributed by atoms with Gasteiger partial charge < -0.3 is 10.6 Å². The van der Waals surface area contributed by atoms with Gasteiger partial charge in [-0.05, 0) is 0 Å². The van der Waals surface area contributed by atoms with Crippen LogP contribution in [0.3, 0.4) is 0 Å². The first-order valence-electron chi connectivity index (χ1n) is 5.34. The second-order valence-electron chi connectivity index (χ2n) is 3.78. The number of carbonyl (C=O) groups is 1. The summed E-state index contributed by atoms with van der Waals surface area (Å²) in [6.07, 6.45) is 0. The molecule has 0 aromatic heterocycles. The van der Waals surface area contributed by atoms with Crippen molar-refractivity contribution in [3.8, 4) is 0 Å². The Balaban J connectivity index is 2.29. The summed E-state index contributed by atoms with van der Waals surface area (Å²) >= 11 is 11.1. The maximum atomic E-state index is 12.0. The lowest BCUT2D eigenvalue weighted by atomic mass is 10.4. The third kappa shape index (κ3) is 3.37. The molecular formula is C8H11Cl2N5O3S. The van der Waals surface area contributed by atoms with Gasteiger partial charge in [0, 0.05) is 26.2 Å². The van der Waals surface area contributed by atoms with Crippen molar-refractivity contribution < 1.29 is 13.2 Å². The molecule has 0 radical (unpaired) electrons. The zero-order chi connectivity index (χ0) is 14.0. The molecule has 0 saturated carbocycles. The van der Waals surface area contributed by atoms with Crippen LogP contribution in [0.2, 0.25) is 0 Å². The number of nitrogens with one attached hydrogen (secondary N) is 3. The lowest BCUT2D eigenvalue weighted by Gasteiger charge is -2.24. The first kappa shape index (κ1) is 14.5. The van der Waals surface area contributed by atoms with E-state index in [4.69, 9.17) is 23.2 Å². The Morgan fingerprint density at radius 2 is 1.84 bits per heavy atom. The van der Waals surface area contributed by atoms with E-state index >= 15 is 0 Å². The average Bonchev–Trinajstić information content (AvgIpc) is 2.71. The predicted molar refractivity (Wildman–Crippen MR) is 71.2 cm³/mol. The fourth-order valence-corrected chi connectivity index (χ4v) is 3.03. The molecule has 2 fully saturated rings. The summed E-state index contributed by atoms with van der Waals surface area (Å²) < 4.78 is 28.6. The number of rotatable bonds is 2. The highest BCUT2D eigenvalue weighted by atomic mass is 35.5. The zero-order valence-corrected chi connectivity index (χ0v) is 11.9. The molecule has 3 N–H and O–H groups in total. The van der Waals surface area contributed by atoms with Crippen molar-refractivity contribution in [3.05, 3.63) is 10.2 Å². The van der Waals surface area contributed by atoms with Crippen molar-refractivity contribution in [1.82, 2.24) is 20.3 Å². The zero-order valence-electron chi connectivity index (χ0n) is 9.61. The van der Waals surface area contributed by atoms with E-state index in [0.29, 0.717) is 26.2 Å². The van der Waals surface area contributed by atoms with Gasteiger partial charge in [0.15, 0.2) is 5.84 Å². The summed E-state index contributed by atoms with van der Waals surface area (Å²) in [5.41, 5.74) is -0.0490. The second-order valence-corrected chi connectivity index (χ2v) is 6.33. The number of hydrogen-bond acceptors (Lipinski definition) is 4. The van der Waals surface area contributed by atoms with Crippen molar-refractivity contribution >= 4 is 45.3 Å². The molecule has 2 aliphatic rings. The predicted octanol–water partition coefficient (Wildman–Crippen LogP) is -0.506. The molecule has 0 spiro atoms. The third-order valence-corrected chi connectivity index (χ3v) is 4.31. The quantitative estimate of drug-likeness (QED) is 0.635. The number of amides is 2. The molecule has 2 rings (SSSR count). The Morgan fingerprint density at radius 1 is 1.21 bits per heavy atom. The van der Waals surface area contributed by atoms with Crippen LogP contribution >= 0.6 is 23.2 Å². The van der Waals surface area contributed by atoms with Gasteiger partial charge in [0.2, 0.25) is 0 Å². The average molecular weight is 328 g/mol. The van der Waals surface area contributed by atoms with Gasteiger partial charge in [-0.1, -0.05) is 23.2 Å². The summed E-state index contributed by atoms with van der Waals surface area (Å²) in [5, 5.41) is 7.53. The van der Waals surface area contributed by atoms with Gasteiger partial charge in [-0.2, -0.15) is 12.7 Å². The van der Waals surface area contributed by atoms with Crippen LogP contribution in [0.25, 0.3) is 0 Å². The van der Waals surface area contributed by atoms with Gasteiger partial charge in [-0.3, -0.25) is 5.32 Å². The van der Waals surface area contributed by atoms with Crippen LogP contribution in [0.4, 0.5) is 4.79 Å². The van der Waals surface area contributed by atoms with Crippen molar-refractivity contribution in [2.75, 3.05) is 26.2 Å². The van der Waals surface area contributed by atoms with Crippen LogP contribution in [0.15, 0.2) is 14.6 Å². The minimum absolute atomic E-state index is 0.0490. The number of urea groups is 1. The Bertz CT molecular complexity index is 549. The van der Waals surface area contributed by atoms with Gasteiger partial charge >= 0.3 is 16.2 Å². The Kier molecular flexibility index (Phi) is 4.31. The normalized spacial score (nSPS) is 23.4. The maximum absolute atomic E-state index is 12.0. The van der Waals surface area contributed by atoms with E-state index in [9.17, 15) is 13.2 Å². The van der Waals surface area contributed by atoms with Gasteiger partial charge in [-0.15, -0.1) is 4.40 Å². The number of carbonyl (C=O) groups excluding carboxylic acids is 1. The van der Waals surface area contributed by atoms with Crippen molar-refractivity contribution in [3.63, 3.8) is 0 Å². The molecule has 0 unspecified atom stereocenters. The fraction of sp³-hybridized carbons (Fsp3) is 0.500. The van der Waals surface area contributed by atoms with Crippen LogP contribution in [-0.2, 0) is 10.2 Å². The van der Waals surface area contributed by atoms with E-state index in [-0.39, 0.29) is 16.0 Å². The molecule has 106 valence electrons. The van der Waals surface area contributed by atoms with Crippen molar-refractivity contribution in [1.29, 1.82) is 0 Å². The third-order valence-electron chi connectivity index (χ3n) is 2.51. The molecule has 8 nitrogen and oxygen atoms in total. The molecule has 19 heavy (non-hydrogen) atoms. The molecule has 2 saturated heterocycles. The number of halogens is 2. The molecule has 0 bridgehead atoms. The van der Waals surface area contributed by atoms with Gasteiger partial charge in [-0.25, -0.2) is 4.79 Å². The summed E-state index contributed by atoms with van der Waals surface area (Å²) in [6, 6.07) is -0.636. The topological polar surface area (TPSA) is 103 Å². The smallest absolute Gasteiger partial charge is 0.314 e. The molecule has 2 aliphatic heterocycles. The Morgan fingerprint density at radius 3 is 2.42 bits per heavy atom. The van der Waals surface area contributed by atoms with E-state index < -0.39 is 16.2 Å². The number of hydrogen-bond donors (Lipinski definition) is 3. The molecule has 0 atom stereocenters. The van der Waals surface area contributed by atoms with E-state index in [1.54, 1.807) is 0 Å². The first-order chi connectivity index (χ1) is 8.90. The number of piperazine rings is 1. The van der Waals surface area contributed by atoms with Crippen LogP contribution in [0.1, 0.15) is 0 Å². The van der Waals surface area contributed by atoms with Crippen molar-refractivity contribution in [2.24, 2.45) is 4.40 Å². The van der Waals surface area contributed by atoms with Crippen LogP contribution in [0, 0.1) is 0 Å². The molecule has 0 aliphatic carbocycles. The highest BCUT2D eigenvalue weighted by Gasteiger charge is 2.29. The number of amidine groups is 1. The van der Waals surface area contributed by atoms with Crippen LogP contribution < -0.4 is 16.0 Å².